The first-order valence-electron chi connectivity index (χ1n) is 8.77. The van der Waals surface area contributed by atoms with Crippen LogP contribution < -0.4 is 0 Å². The summed E-state index contributed by atoms with van der Waals surface area (Å²) in [5.74, 6) is 0. The van der Waals surface area contributed by atoms with Gasteiger partial charge in [0, 0.05) is 52.7 Å². The molecule has 8 heteroatoms. The number of H-pyrrole nitrogens is 1. The number of aryl methyl sites for hydroxylation is 1. The van der Waals surface area contributed by atoms with E-state index < -0.39 is 0 Å². The molecule has 0 unspecified atom stereocenters. The standard InChI is InChI=1S/C20H16ClN7/c1-27-10-15(8-24-27)14-6-16-17(9-23-20(16)22-7-14)19-12-28(26-25-19)11-13-4-2-3-5-18(13)21/h2-10,12H,11H2,1H3,(H,22,23). The SMILES string of the molecule is Cn1cc(-c2cnc3[nH]cc(-c4cn(Cc5ccccc5Cl)nn4)c3c2)cn1. The first-order chi connectivity index (χ1) is 13.7. The van der Waals surface area contributed by atoms with E-state index in [9.17, 15) is 0 Å². The summed E-state index contributed by atoms with van der Waals surface area (Å²) >= 11 is 6.25. The number of halogens is 1. The molecule has 1 N–H and O–H groups in total. The lowest BCUT2D eigenvalue weighted by molar-refractivity contribution is 0.650. The lowest BCUT2D eigenvalue weighted by atomic mass is 10.1. The predicted molar refractivity (Wildman–Crippen MR) is 108 cm³/mol. The Bertz CT molecular complexity index is 1280. The minimum Gasteiger partial charge on any atom is -0.345 e. The molecule has 0 aliphatic rings. The van der Waals surface area contributed by atoms with Crippen molar-refractivity contribution in [1.82, 2.24) is 34.7 Å². The topological polar surface area (TPSA) is 77.2 Å². The summed E-state index contributed by atoms with van der Waals surface area (Å²) in [6.07, 6.45) is 9.47. The van der Waals surface area contributed by atoms with Crippen molar-refractivity contribution >= 4 is 22.6 Å². The number of fused-ring (bicyclic) bond motifs is 1. The molecule has 0 spiro atoms. The second kappa shape index (κ2) is 6.61. The highest BCUT2D eigenvalue weighted by Gasteiger charge is 2.13. The number of hydrogen-bond acceptors (Lipinski definition) is 4. The minimum atomic E-state index is 0.564. The van der Waals surface area contributed by atoms with Crippen molar-refractivity contribution in [1.29, 1.82) is 0 Å². The molecular formula is C20H16ClN7. The van der Waals surface area contributed by atoms with E-state index in [4.69, 9.17) is 11.6 Å². The zero-order valence-electron chi connectivity index (χ0n) is 15.0. The fourth-order valence-corrected chi connectivity index (χ4v) is 3.44. The van der Waals surface area contributed by atoms with Crippen LogP contribution in [0.4, 0.5) is 0 Å². The first-order valence-corrected chi connectivity index (χ1v) is 9.15. The van der Waals surface area contributed by atoms with Gasteiger partial charge in [-0.1, -0.05) is 35.0 Å². The van der Waals surface area contributed by atoms with Crippen LogP contribution in [0.1, 0.15) is 5.56 Å². The quantitative estimate of drug-likeness (QED) is 0.505. The summed E-state index contributed by atoms with van der Waals surface area (Å²) in [6, 6.07) is 9.83. The Morgan fingerprint density at radius 3 is 2.82 bits per heavy atom. The molecule has 0 amide bonds. The molecule has 0 fully saturated rings. The molecule has 138 valence electrons. The van der Waals surface area contributed by atoms with E-state index >= 15 is 0 Å². The van der Waals surface area contributed by atoms with Gasteiger partial charge in [-0.15, -0.1) is 5.10 Å². The number of nitrogens with one attached hydrogen (secondary N) is 1. The number of nitrogens with zero attached hydrogens (tertiary/aromatic N) is 6. The smallest absolute Gasteiger partial charge is 0.137 e. The van der Waals surface area contributed by atoms with Crippen LogP contribution in [-0.2, 0) is 13.6 Å². The van der Waals surface area contributed by atoms with Crippen molar-refractivity contribution in [3.8, 4) is 22.4 Å². The first kappa shape index (κ1) is 16.7. The highest BCUT2D eigenvalue weighted by molar-refractivity contribution is 6.31. The molecule has 0 aliphatic heterocycles. The molecule has 5 rings (SSSR count). The summed E-state index contributed by atoms with van der Waals surface area (Å²) in [5.41, 5.74) is 5.57. The Morgan fingerprint density at radius 2 is 2.00 bits per heavy atom. The third-order valence-corrected chi connectivity index (χ3v) is 5.04. The molecule has 4 heterocycles. The monoisotopic (exact) mass is 389 g/mol. The molecule has 28 heavy (non-hydrogen) atoms. The Balaban J connectivity index is 1.51. The Morgan fingerprint density at radius 1 is 1.11 bits per heavy atom. The lowest BCUT2D eigenvalue weighted by Gasteiger charge is -2.02. The maximum Gasteiger partial charge on any atom is 0.137 e. The maximum atomic E-state index is 6.25. The van der Waals surface area contributed by atoms with Crippen LogP contribution in [0.2, 0.25) is 5.02 Å². The van der Waals surface area contributed by atoms with Crippen LogP contribution in [0.25, 0.3) is 33.4 Å². The summed E-state index contributed by atoms with van der Waals surface area (Å²) in [5, 5.41) is 14.6. The third kappa shape index (κ3) is 2.95. The second-order valence-corrected chi connectivity index (χ2v) is 7.03. The van der Waals surface area contributed by atoms with E-state index in [1.165, 1.54) is 0 Å². The van der Waals surface area contributed by atoms with Gasteiger partial charge in [0.05, 0.1) is 18.9 Å². The summed E-state index contributed by atoms with van der Waals surface area (Å²) in [6.45, 7) is 0.564. The maximum absolute atomic E-state index is 6.25. The average molecular weight is 390 g/mol. The van der Waals surface area contributed by atoms with Gasteiger partial charge in [-0.25, -0.2) is 9.67 Å². The molecule has 0 bridgehead atoms. The van der Waals surface area contributed by atoms with Gasteiger partial charge in [-0.05, 0) is 17.7 Å². The van der Waals surface area contributed by atoms with Crippen molar-refractivity contribution < 1.29 is 0 Å². The van der Waals surface area contributed by atoms with Crippen LogP contribution in [0, 0.1) is 0 Å². The third-order valence-electron chi connectivity index (χ3n) is 4.67. The molecule has 0 saturated carbocycles. The number of pyridine rings is 1. The van der Waals surface area contributed by atoms with E-state index in [0.29, 0.717) is 6.54 Å². The molecule has 0 radical (unpaired) electrons. The second-order valence-electron chi connectivity index (χ2n) is 6.62. The fourth-order valence-electron chi connectivity index (χ4n) is 3.24. The van der Waals surface area contributed by atoms with Gasteiger partial charge in [0.15, 0.2) is 0 Å². The fraction of sp³-hybridized carbons (Fsp3) is 0.100. The molecule has 5 aromatic rings. The predicted octanol–water partition coefficient (Wildman–Crippen LogP) is 3.92. The van der Waals surface area contributed by atoms with E-state index in [1.807, 2.05) is 62.3 Å². The summed E-state index contributed by atoms with van der Waals surface area (Å²) in [7, 11) is 1.90. The number of benzene rings is 1. The van der Waals surface area contributed by atoms with Gasteiger partial charge in [0.2, 0.25) is 0 Å². The zero-order chi connectivity index (χ0) is 19.1. The molecular weight excluding hydrogens is 374 g/mol. The highest BCUT2D eigenvalue weighted by atomic mass is 35.5. The van der Waals surface area contributed by atoms with Gasteiger partial charge < -0.3 is 4.98 Å². The van der Waals surface area contributed by atoms with Gasteiger partial charge in [-0.2, -0.15) is 5.10 Å². The van der Waals surface area contributed by atoms with Crippen LogP contribution >= 0.6 is 11.6 Å². The molecule has 0 saturated heterocycles. The van der Waals surface area contributed by atoms with Gasteiger partial charge in [0.1, 0.15) is 11.3 Å². The summed E-state index contributed by atoms with van der Waals surface area (Å²) < 4.78 is 3.56. The Kier molecular flexibility index (Phi) is 3.95. The van der Waals surface area contributed by atoms with Crippen molar-refractivity contribution in [3.05, 3.63) is 71.9 Å². The molecule has 4 aromatic heterocycles. The zero-order valence-corrected chi connectivity index (χ0v) is 15.8. The van der Waals surface area contributed by atoms with E-state index in [1.54, 1.807) is 9.36 Å². The number of rotatable bonds is 4. The number of hydrogen-bond donors (Lipinski definition) is 1. The normalized spacial score (nSPS) is 11.4. The minimum absolute atomic E-state index is 0.564. The van der Waals surface area contributed by atoms with E-state index in [2.05, 4.69) is 31.4 Å². The summed E-state index contributed by atoms with van der Waals surface area (Å²) in [4.78, 5) is 7.74. The molecule has 7 nitrogen and oxygen atoms in total. The van der Waals surface area contributed by atoms with Gasteiger partial charge in [-0.3, -0.25) is 4.68 Å². The van der Waals surface area contributed by atoms with E-state index in [-0.39, 0.29) is 0 Å². The van der Waals surface area contributed by atoms with Crippen LogP contribution in [0.5, 0.6) is 0 Å². The molecule has 0 aliphatic carbocycles. The van der Waals surface area contributed by atoms with Crippen LogP contribution in [0.15, 0.2) is 61.3 Å². The number of aromatic amines is 1. The van der Waals surface area contributed by atoms with Crippen LogP contribution in [-0.4, -0.2) is 34.7 Å². The van der Waals surface area contributed by atoms with Crippen molar-refractivity contribution in [2.75, 3.05) is 0 Å². The van der Waals surface area contributed by atoms with Gasteiger partial charge >= 0.3 is 0 Å². The van der Waals surface area contributed by atoms with Crippen molar-refractivity contribution in [2.24, 2.45) is 7.05 Å². The lowest BCUT2D eigenvalue weighted by Crippen LogP contribution is -2.00. The van der Waals surface area contributed by atoms with Crippen LogP contribution in [0.3, 0.4) is 0 Å². The highest BCUT2D eigenvalue weighted by Crippen LogP contribution is 2.29. The Hall–Kier alpha value is -3.45. The number of aromatic nitrogens is 7. The van der Waals surface area contributed by atoms with Gasteiger partial charge in [0.25, 0.3) is 0 Å². The Labute approximate surface area is 165 Å². The van der Waals surface area contributed by atoms with Crippen molar-refractivity contribution in [2.45, 2.75) is 6.54 Å². The largest absolute Gasteiger partial charge is 0.345 e. The molecule has 0 atom stereocenters. The van der Waals surface area contributed by atoms with E-state index in [0.717, 1.165) is 44.0 Å². The van der Waals surface area contributed by atoms with Crippen molar-refractivity contribution in [3.63, 3.8) is 0 Å². The molecule has 1 aromatic carbocycles. The average Bonchev–Trinajstić information content (AvgIpc) is 3.42.